The highest BCUT2D eigenvalue weighted by Crippen LogP contribution is 2.31. The Morgan fingerprint density at radius 2 is 2.18 bits per heavy atom. The Bertz CT molecular complexity index is 527. The predicted molar refractivity (Wildman–Crippen MR) is 85.2 cm³/mol. The van der Waals surface area contributed by atoms with Gasteiger partial charge in [0.1, 0.15) is 12.4 Å². The van der Waals surface area contributed by atoms with E-state index >= 15 is 0 Å². The molecule has 120 valence electrons. The molecule has 1 N–H and O–H groups in total. The number of hydrogen-bond acceptors (Lipinski definition) is 6. The third kappa shape index (κ3) is 3.51. The van der Waals surface area contributed by atoms with E-state index in [-0.39, 0.29) is 0 Å². The molecule has 1 aromatic carbocycles. The average molecular weight is 305 g/mol. The fourth-order valence-electron chi connectivity index (χ4n) is 2.69. The van der Waals surface area contributed by atoms with E-state index in [4.69, 9.17) is 14.2 Å². The van der Waals surface area contributed by atoms with Gasteiger partial charge in [-0.25, -0.2) is 0 Å². The Balaban J connectivity index is 1.67. The van der Waals surface area contributed by atoms with Gasteiger partial charge in [-0.3, -0.25) is 9.89 Å². The molecule has 2 aliphatic heterocycles. The van der Waals surface area contributed by atoms with Crippen LogP contribution in [0, 0.1) is 0 Å². The second-order valence-corrected chi connectivity index (χ2v) is 5.30. The number of benzene rings is 1. The van der Waals surface area contributed by atoms with Crippen molar-refractivity contribution >= 4 is 5.84 Å². The van der Waals surface area contributed by atoms with Crippen molar-refractivity contribution < 1.29 is 14.2 Å². The summed E-state index contributed by atoms with van der Waals surface area (Å²) in [5.41, 5.74) is 0.971. The van der Waals surface area contributed by atoms with Gasteiger partial charge in [-0.2, -0.15) is 0 Å². The molecule has 0 radical (unpaired) electrons. The summed E-state index contributed by atoms with van der Waals surface area (Å²) in [5.74, 6) is 2.41. The number of amidine groups is 1. The van der Waals surface area contributed by atoms with Gasteiger partial charge in [-0.05, 0) is 12.1 Å². The summed E-state index contributed by atoms with van der Waals surface area (Å²) in [5, 5.41) is 3.29. The third-order valence-electron chi connectivity index (χ3n) is 3.89. The molecule has 0 aromatic heterocycles. The Kier molecular flexibility index (Phi) is 5.13. The third-order valence-corrected chi connectivity index (χ3v) is 3.89. The van der Waals surface area contributed by atoms with Crippen LogP contribution in [0.25, 0.3) is 0 Å². The lowest BCUT2D eigenvalue weighted by molar-refractivity contribution is 0.0321. The maximum absolute atomic E-state index is 6.05. The average Bonchev–Trinajstić information content (AvgIpc) is 3.10. The van der Waals surface area contributed by atoms with Crippen molar-refractivity contribution in [3.05, 3.63) is 23.8 Å². The second kappa shape index (κ2) is 7.47. The van der Waals surface area contributed by atoms with E-state index in [1.807, 2.05) is 18.2 Å². The molecular formula is C16H23N3O3. The van der Waals surface area contributed by atoms with Gasteiger partial charge in [0.2, 0.25) is 0 Å². The zero-order valence-corrected chi connectivity index (χ0v) is 13.0. The summed E-state index contributed by atoms with van der Waals surface area (Å²) in [6, 6.07) is 5.90. The normalized spacial score (nSPS) is 18.7. The van der Waals surface area contributed by atoms with E-state index < -0.39 is 0 Å². The molecule has 0 amide bonds. The molecule has 2 heterocycles. The van der Waals surface area contributed by atoms with Gasteiger partial charge in [0.05, 0.1) is 32.4 Å². The van der Waals surface area contributed by atoms with Crippen molar-refractivity contribution in [1.82, 2.24) is 10.2 Å². The van der Waals surface area contributed by atoms with E-state index in [1.54, 1.807) is 7.11 Å². The zero-order chi connectivity index (χ0) is 15.2. The molecule has 6 nitrogen and oxygen atoms in total. The number of methoxy groups -OCH3 is 1. The predicted octanol–water partition coefficient (Wildman–Crippen LogP) is 0.756. The number of hydrogen-bond donors (Lipinski definition) is 1. The topological polar surface area (TPSA) is 55.3 Å². The molecule has 0 atom stereocenters. The molecule has 1 fully saturated rings. The SMILES string of the molecule is COc1cccc(C2=NCCN2)c1OCCN1CCOCC1. The summed E-state index contributed by atoms with van der Waals surface area (Å²) in [7, 11) is 1.66. The fourth-order valence-corrected chi connectivity index (χ4v) is 2.69. The van der Waals surface area contributed by atoms with Crippen molar-refractivity contribution in [1.29, 1.82) is 0 Å². The van der Waals surface area contributed by atoms with E-state index in [0.29, 0.717) is 6.61 Å². The van der Waals surface area contributed by atoms with Crippen LogP contribution in [0.3, 0.4) is 0 Å². The van der Waals surface area contributed by atoms with E-state index in [2.05, 4.69) is 15.2 Å². The maximum atomic E-state index is 6.05. The smallest absolute Gasteiger partial charge is 0.172 e. The number of ether oxygens (including phenoxy) is 3. The highest BCUT2D eigenvalue weighted by atomic mass is 16.5. The minimum Gasteiger partial charge on any atom is -0.493 e. The lowest BCUT2D eigenvalue weighted by atomic mass is 10.1. The number of nitrogens with one attached hydrogen (secondary N) is 1. The van der Waals surface area contributed by atoms with Crippen LogP contribution in [0.5, 0.6) is 11.5 Å². The quantitative estimate of drug-likeness (QED) is 0.841. The summed E-state index contributed by atoms with van der Waals surface area (Å²) < 4.78 is 16.9. The maximum Gasteiger partial charge on any atom is 0.172 e. The fraction of sp³-hybridized carbons (Fsp3) is 0.562. The molecule has 0 saturated carbocycles. The monoisotopic (exact) mass is 305 g/mol. The Hall–Kier alpha value is -1.79. The van der Waals surface area contributed by atoms with Crippen molar-refractivity contribution in [3.63, 3.8) is 0 Å². The summed E-state index contributed by atoms with van der Waals surface area (Å²) in [6.07, 6.45) is 0. The van der Waals surface area contributed by atoms with Crippen LogP contribution in [-0.4, -0.2) is 70.4 Å². The van der Waals surface area contributed by atoms with E-state index in [1.165, 1.54) is 0 Å². The van der Waals surface area contributed by atoms with Crippen LogP contribution in [0.1, 0.15) is 5.56 Å². The van der Waals surface area contributed by atoms with Crippen molar-refractivity contribution in [2.24, 2.45) is 4.99 Å². The zero-order valence-electron chi connectivity index (χ0n) is 13.0. The molecule has 0 aliphatic carbocycles. The van der Waals surface area contributed by atoms with Crippen LogP contribution in [0.2, 0.25) is 0 Å². The number of aliphatic imine (C=N–C) groups is 1. The van der Waals surface area contributed by atoms with Gasteiger partial charge in [-0.1, -0.05) is 6.07 Å². The van der Waals surface area contributed by atoms with Crippen molar-refractivity contribution in [3.8, 4) is 11.5 Å². The molecule has 22 heavy (non-hydrogen) atoms. The van der Waals surface area contributed by atoms with Gasteiger partial charge >= 0.3 is 0 Å². The highest BCUT2D eigenvalue weighted by molar-refractivity contribution is 6.02. The lowest BCUT2D eigenvalue weighted by Gasteiger charge is -2.26. The lowest BCUT2D eigenvalue weighted by Crippen LogP contribution is -2.38. The standard InChI is InChI=1S/C16H23N3O3/c1-20-14-4-2-3-13(16-17-5-6-18-16)15(14)22-12-9-19-7-10-21-11-8-19/h2-4H,5-12H2,1H3,(H,17,18). The minimum absolute atomic E-state index is 0.626. The second-order valence-electron chi connectivity index (χ2n) is 5.30. The van der Waals surface area contributed by atoms with Gasteiger partial charge in [0, 0.05) is 26.2 Å². The van der Waals surface area contributed by atoms with Crippen LogP contribution < -0.4 is 14.8 Å². The molecule has 3 rings (SSSR count). The van der Waals surface area contributed by atoms with Crippen LogP contribution in [-0.2, 0) is 4.74 Å². The molecule has 1 aromatic rings. The summed E-state index contributed by atoms with van der Waals surface area (Å²) in [4.78, 5) is 6.83. The minimum atomic E-state index is 0.626. The molecule has 0 unspecified atom stereocenters. The van der Waals surface area contributed by atoms with Gasteiger partial charge in [-0.15, -0.1) is 0 Å². The molecule has 1 saturated heterocycles. The summed E-state index contributed by atoms with van der Waals surface area (Å²) in [6.45, 7) is 6.75. The van der Waals surface area contributed by atoms with Gasteiger partial charge in [0.15, 0.2) is 11.5 Å². The van der Waals surface area contributed by atoms with Crippen LogP contribution in [0.4, 0.5) is 0 Å². The van der Waals surface area contributed by atoms with Crippen LogP contribution in [0.15, 0.2) is 23.2 Å². The van der Waals surface area contributed by atoms with Crippen molar-refractivity contribution in [2.45, 2.75) is 0 Å². The first kappa shape index (κ1) is 15.1. The molecule has 0 spiro atoms. The Morgan fingerprint density at radius 3 is 2.91 bits per heavy atom. The first-order valence-electron chi connectivity index (χ1n) is 7.77. The Labute approximate surface area is 131 Å². The van der Waals surface area contributed by atoms with Crippen LogP contribution >= 0.6 is 0 Å². The van der Waals surface area contributed by atoms with Gasteiger partial charge in [0.25, 0.3) is 0 Å². The van der Waals surface area contributed by atoms with E-state index in [9.17, 15) is 0 Å². The number of nitrogens with zero attached hydrogens (tertiary/aromatic N) is 2. The molecule has 0 bridgehead atoms. The number of morpholine rings is 1. The van der Waals surface area contributed by atoms with E-state index in [0.717, 1.165) is 68.8 Å². The number of para-hydroxylation sites is 1. The first-order chi connectivity index (χ1) is 10.9. The largest absolute Gasteiger partial charge is 0.493 e. The first-order valence-corrected chi connectivity index (χ1v) is 7.77. The molecular weight excluding hydrogens is 282 g/mol. The molecule has 6 heteroatoms. The Morgan fingerprint density at radius 1 is 1.32 bits per heavy atom. The molecule has 2 aliphatic rings. The highest BCUT2D eigenvalue weighted by Gasteiger charge is 2.18. The number of rotatable bonds is 6. The van der Waals surface area contributed by atoms with Gasteiger partial charge < -0.3 is 19.5 Å². The summed E-state index contributed by atoms with van der Waals surface area (Å²) >= 11 is 0. The van der Waals surface area contributed by atoms with Crippen molar-refractivity contribution in [2.75, 3.05) is 59.7 Å².